The van der Waals surface area contributed by atoms with Crippen molar-refractivity contribution in [3.8, 4) is 11.5 Å². The van der Waals surface area contributed by atoms with E-state index in [0.717, 1.165) is 35.8 Å². The Balaban J connectivity index is 1.80. The van der Waals surface area contributed by atoms with Crippen LogP contribution in [0.3, 0.4) is 0 Å². The number of ether oxygens (including phenoxy) is 3. The first-order valence-electron chi connectivity index (χ1n) is 7.68. The molecule has 1 fully saturated rings. The number of nitrogens with one attached hydrogen (secondary N) is 1. The fourth-order valence-electron chi connectivity index (χ4n) is 2.59. The van der Waals surface area contributed by atoms with E-state index in [1.54, 1.807) is 7.11 Å². The molecule has 1 saturated heterocycles. The molecule has 1 N–H and O–H groups in total. The summed E-state index contributed by atoms with van der Waals surface area (Å²) in [5, 5.41) is 0. The largest absolute Gasteiger partial charge is 0.493 e. The number of benzene rings is 1. The summed E-state index contributed by atoms with van der Waals surface area (Å²) in [4.78, 5) is 5.71. The van der Waals surface area contributed by atoms with E-state index in [0.29, 0.717) is 19.1 Å². The molecule has 5 nitrogen and oxygen atoms in total. The van der Waals surface area contributed by atoms with Crippen molar-refractivity contribution in [1.82, 2.24) is 5.48 Å². The molecule has 0 aliphatic carbocycles. The highest BCUT2D eigenvalue weighted by Crippen LogP contribution is 2.35. The second-order valence-corrected chi connectivity index (χ2v) is 6.20. The Labute approximate surface area is 131 Å². The average Bonchev–Trinajstić information content (AvgIpc) is 3.15. The zero-order chi connectivity index (χ0) is 15.6. The summed E-state index contributed by atoms with van der Waals surface area (Å²) in [5.41, 5.74) is 4.64. The summed E-state index contributed by atoms with van der Waals surface area (Å²) in [6, 6.07) is 5.91. The lowest BCUT2D eigenvalue weighted by Crippen LogP contribution is -2.29. The third-order valence-electron chi connectivity index (χ3n) is 3.83. The SMILES string of the molecule is COc1cc(C2=CC3(CCOC3)ON2)ccc1OCC(C)C. The number of hydrogen-bond donors (Lipinski definition) is 1. The molecule has 22 heavy (non-hydrogen) atoms. The van der Waals surface area contributed by atoms with E-state index in [1.807, 2.05) is 18.2 Å². The van der Waals surface area contributed by atoms with Gasteiger partial charge in [0, 0.05) is 18.6 Å². The Hall–Kier alpha value is -1.72. The minimum absolute atomic E-state index is 0.324. The summed E-state index contributed by atoms with van der Waals surface area (Å²) in [6.45, 7) is 6.23. The van der Waals surface area contributed by atoms with Crippen LogP contribution in [-0.2, 0) is 9.57 Å². The highest BCUT2D eigenvalue weighted by atomic mass is 16.7. The number of rotatable bonds is 5. The highest BCUT2D eigenvalue weighted by Gasteiger charge is 2.39. The van der Waals surface area contributed by atoms with Gasteiger partial charge in [0.15, 0.2) is 11.5 Å². The minimum Gasteiger partial charge on any atom is -0.493 e. The molecule has 2 aliphatic rings. The molecular formula is C17H23NO4. The van der Waals surface area contributed by atoms with Crippen LogP contribution in [0, 0.1) is 5.92 Å². The van der Waals surface area contributed by atoms with Crippen LogP contribution in [0.5, 0.6) is 11.5 Å². The molecule has 5 heteroatoms. The Bertz CT molecular complexity index is 562. The van der Waals surface area contributed by atoms with Gasteiger partial charge < -0.3 is 14.2 Å². The first-order valence-corrected chi connectivity index (χ1v) is 7.68. The van der Waals surface area contributed by atoms with E-state index in [1.165, 1.54) is 0 Å². The molecule has 1 atom stereocenters. The van der Waals surface area contributed by atoms with E-state index in [4.69, 9.17) is 19.0 Å². The van der Waals surface area contributed by atoms with Gasteiger partial charge in [-0.05, 0) is 30.2 Å². The van der Waals surface area contributed by atoms with Gasteiger partial charge in [-0.1, -0.05) is 13.8 Å². The van der Waals surface area contributed by atoms with E-state index in [9.17, 15) is 0 Å². The molecule has 2 aliphatic heterocycles. The maximum Gasteiger partial charge on any atom is 0.161 e. The maximum absolute atomic E-state index is 5.78. The van der Waals surface area contributed by atoms with Crippen molar-refractivity contribution in [2.24, 2.45) is 5.92 Å². The molecule has 1 aromatic rings. The molecule has 120 valence electrons. The lowest BCUT2D eigenvalue weighted by Gasteiger charge is -2.15. The van der Waals surface area contributed by atoms with E-state index in [2.05, 4.69) is 25.4 Å². The fraction of sp³-hybridized carbons (Fsp3) is 0.529. The predicted molar refractivity (Wildman–Crippen MR) is 83.7 cm³/mol. The van der Waals surface area contributed by atoms with Crippen LogP contribution in [0.15, 0.2) is 24.3 Å². The third kappa shape index (κ3) is 3.05. The van der Waals surface area contributed by atoms with Crippen LogP contribution in [-0.4, -0.2) is 32.5 Å². The van der Waals surface area contributed by atoms with Gasteiger partial charge in [0.25, 0.3) is 0 Å². The molecule has 0 radical (unpaired) electrons. The summed E-state index contributed by atoms with van der Waals surface area (Å²) in [6.07, 6.45) is 2.97. The lowest BCUT2D eigenvalue weighted by atomic mass is 10.0. The summed E-state index contributed by atoms with van der Waals surface area (Å²) < 4.78 is 16.7. The minimum atomic E-state index is -0.324. The maximum atomic E-state index is 5.78. The van der Waals surface area contributed by atoms with Gasteiger partial charge in [0.1, 0.15) is 5.60 Å². The average molecular weight is 305 g/mol. The summed E-state index contributed by atoms with van der Waals surface area (Å²) in [7, 11) is 1.65. The Morgan fingerprint density at radius 3 is 2.86 bits per heavy atom. The van der Waals surface area contributed by atoms with Crippen LogP contribution >= 0.6 is 0 Å². The van der Waals surface area contributed by atoms with Gasteiger partial charge in [0.2, 0.25) is 0 Å². The first-order chi connectivity index (χ1) is 10.6. The van der Waals surface area contributed by atoms with Crippen LogP contribution < -0.4 is 15.0 Å². The lowest BCUT2D eigenvalue weighted by molar-refractivity contribution is -0.0373. The van der Waals surface area contributed by atoms with Crippen molar-refractivity contribution in [2.75, 3.05) is 26.9 Å². The van der Waals surface area contributed by atoms with Gasteiger partial charge in [-0.15, -0.1) is 0 Å². The van der Waals surface area contributed by atoms with Crippen molar-refractivity contribution >= 4 is 5.70 Å². The number of hydrogen-bond acceptors (Lipinski definition) is 5. The van der Waals surface area contributed by atoms with Crippen LogP contribution in [0.4, 0.5) is 0 Å². The molecular weight excluding hydrogens is 282 g/mol. The smallest absolute Gasteiger partial charge is 0.161 e. The third-order valence-corrected chi connectivity index (χ3v) is 3.83. The molecule has 0 aromatic heterocycles. The van der Waals surface area contributed by atoms with Crippen molar-refractivity contribution in [3.05, 3.63) is 29.8 Å². The van der Waals surface area contributed by atoms with Gasteiger partial charge in [-0.2, -0.15) is 0 Å². The Morgan fingerprint density at radius 2 is 2.18 bits per heavy atom. The van der Waals surface area contributed by atoms with Crippen LogP contribution in [0.2, 0.25) is 0 Å². The number of hydroxylamine groups is 1. The van der Waals surface area contributed by atoms with E-state index < -0.39 is 0 Å². The van der Waals surface area contributed by atoms with Crippen molar-refractivity contribution in [2.45, 2.75) is 25.9 Å². The Morgan fingerprint density at radius 1 is 1.32 bits per heavy atom. The molecule has 3 rings (SSSR count). The summed E-state index contributed by atoms with van der Waals surface area (Å²) >= 11 is 0. The molecule has 2 heterocycles. The van der Waals surface area contributed by atoms with Crippen molar-refractivity contribution in [3.63, 3.8) is 0 Å². The van der Waals surface area contributed by atoms with Crippen molar-refractivity contribution in [1.29, 1.82) is 0 Å². The van der Waals surface area contributed by atoms with Gasteiger partial charge in [0.05, 0.1) is 26.0 Å². The van der Waals surface area contributed by atoms with Gasteiger partial charge in [-0.25, -0.2) is 0 Å². The van der Waals surface area contributed by atoms with Gasteiger partial charge in [-0.3, -0.25) is 10.3 Å². The highest BCUT2D eigenvalue weighted by molar-refractivity contribution is 5.68. The second kappa shape index (κ2) is 6.18. The topological polar surface area (TPSA) is 49.0 Å². The molecule has 1 aromatic carbocycles. The fourth-order valence-corrected chi connectivity index (χ4v) is 2.59. The standard InChI is InChI=1S/C17H23NO4/c1-12(2)10-21-15-5-4-13(8-16(15)19-3)14-9-17(22-18-14)6-7-20-11-17/h4-5,8-9,12,18H,6-7,10-11H2,1-3H3. The van der Waals surface area contributed by atoms with E-state index in [-0.39, 0.29) is 5.60 Å². The molecule has 0 amide bonds. The predicted octanol–water partition coefficient (Wildman–Crippen LogP) is 2.76. The zero-order valence-corrected chi connectivity index (χ0v) is 13.3. The van der Waals surface area contributed by atoms with Gasteiger partial charge >= 0.3 is 0 Å². The summed E-state index contributed by atoms with van der Waals surface area (Å²) in [5.74, 6) is 1.96. The quantitative estimate of drug-likeness (QED) is 0.906. The molecule has 0 bridgehead atoms. The van der Waals surface area contributed by atoms with Crippen molar-refractivity contribution < 1.29 is 19.0 Å². The van der Waals surface area contributed by atoms with E-state index >= 15 is 0 Å². The first kappa shape index (κ1) is 15.2. The Kier molecular flexibility index (Phi) is 4.27. The molecule has 1 unspecified atom stereocenters. The normalized spacial score (nSPS) is 23.7. The molecule has 0 saturated carbocycles. The second-order valence-electron chi connectivity index (χ2n) is 6.20. The zero-order valence-electron chi connectivity index (χ0n) is 13.3. The van der Waals surface area contributed by atoms with Crippen LogP contribution in [0.25, 0.3) is 5.70 Å². The number of methoxy groups -OCH3 is 1. The monoisotopic (exact) mass is 305 g/mol. The van der Waals surface area contributed by atoms with Crippen LogP contribution in [0.1, 0.15) is 25.8 Å². The molecule has 1 spiro atoms.